The molecular weight excluding hydrogens is 371 g/mol. The first-order chi connectivity index (χ1) is 13.6. The van der Waals surface area contributed by atoms with E-state index >= 15 is 0 Å². The van der Waals surface area contributed by atoms with E-state index in [4.69, 9.17) is 20.8 Å². The standard InChI is InChI=1S/C20H37BN4O4/c1-11(2)8-16(25-18(26)14(22)6-5-7-24-19(23)27)21-28-15-10-12-9-13(17(15)29-21)20(12,3)4/h11-17H,5-10,22H2,1-4H3,(H,25,26)(H3,23,24,27)/t12?,13?,14-,15?,16?,17?/m0/s1. The summed E-state index contributed by atoms with van der Waals surface area (Å²) in [6, 6.07) is -1.21. The van der Waals surface area contributed by atoms with Gasteiger partial charge in [-0.3, -0.25) is 4.79 Å². The van der Waals surface area contributed by atoms with Crippen LogP contribution in [0, 0.1) is 23.2 Å². The molecule has 0 spiro atoms. The third-order valence-electron chi connectivity index (χ3n) is 7.14. The minimum atomic E-state index is -0.644. The molecule has 6 atom stereocenters. The first-order valence-corrected chi connectivity index (χ1v) is 11.0. The molecule has 1 saturated heterocycles. The molecule has 0 aromatic heterocycles. The number of carbonyl (C=O) groups excluding carboxylic acids is 2. The number of rotatable bonds is 9. The Hall–Kier alpha value is -1.32. The van der Waals surface area contributed by atoms with Gasteiger partial charge in [0.15, 0.2) is 0 Å². The van der Waals surface area contributed by atoms with Gasteiger partial charge >= 0.3 is 13.1 Å². The van der Waals surface area contributed by atoms with Crippen LogP contribution in [0.15, 0.2) is 0 Å². The van der Waals surface area contributed by atoms with Crippen LogP contribution in [-0.4, -0.2) is 49.8 Å². The van der Waals surface area contributed by atoms with Crippen molar-refractivity contribution in [2.75, 3.05) is 6.54 Å². The Morgan fingerprint density at radius 2 is 1.97 bits per heavy atom. The molecule has 4 rings (SSSR count). The Labute approximate surface area is 174 Å². The summed E-state index contributed by atoms with van der Waals surface area (Å²) < 4.78 is 12.7. The zero-order valence-electron chi connectivity index (χ0n) is 18.1. The Kier molecular flexibility index (Phi) is 6.80. The fourth-order valence-corrected chi connectivity index (χ4v) is 5.25. The van der Waals surface area contributed by atoms with Crippen molar-refractivity contribution in [3.05, 3.63) is 0 Å². The largest absolute Gasteiger partial charge is 0.481 e. The van der Waals surface area contributed by atoms with Crippen LogP contribution in [0.4, 0.5) is 4.79 Å². The van der Waals surface area contributed by atoms with Crippen LogP contribution in [0.3, 0.4) is 0 Å². The average Bonchev–Trinajstić information content (AvgIpc) is 3.07. The van der Waals surface area contributed by atoms with Gasteiger partial charge in [-0.25, -0.2) is 4.79 Å². The van der Waals surface area contributed by atoms with Gasteiger partial charge in [0, 0.05) is 6.54 Å². The average molecular weight is 408 g/mol. The van der Waals surface area contributed by atoms with Gasteiger partial charge in [0.1, 0.15) is 0 Å². The molecule has 0 aromatic rings. The summed E-state index contributed by atoms with van der Waals surface area (Å²) >= 11 is 0. The summed E-state index contributed by atoms with van der Waals surface area (Å²) in [5.74, 6) is 1.20. The van der Waals surface area contributed by atoms with Crippen molar-refractivity contribution in [1.29, 1.82) is 0 Å². The van der Waals surface area contributed by atoms with E-state index in [2.05, 4.69) is 38.3 Å². The van der Waals surface area contributed by atoms with Crippen LogP contribution >= 0.6 is 0 Å². The van der Waals surface area contributed by atoms with Gasteiger partial charge < -0.3 is 31.4 Å². The molecule has 4 aliphatic rings. The van der Waals surface area contributed by atoms with E-state index in [0.29, 0.717) is 42.6 Å². The highest BCUT2D eigenvalue weighted by molar-refractivity contribution is 6.47. The van der Waals surface area contributed by atoms with E-state index in [1.54, 1.807) is 0 Å². The van der Waals surface area contributed by atoms with E-state index in [0.717, 1.165) is 12.8 Å². The molecule has 1 aliphatic heterocycles. The molecule has 6 N–H and O–H groups in total. The summed E-state index contributed by atoms with van der Waals surface area (Å²) in [6.07, 6.45) is 4.34. The first-order valence-electron chi connectivity index (χ1n) is 11.0. The maximum atomic E-state index is 12.7. The van der Waals surface area contributed by atoms with Crippen LogP contribution in [0.2, 0.25) is 0 Å². The number of carbonyl (C=O) groups is 2. The molecular formula is C20H37BN4O4. The molecule has 0 radical (unpaired) electrons. The van der Waals surface area contributed by atoms with E-state index in [9.17, 15) is 9.59 Å². The van der Waals surface area contributed by atoms with Crippen molar-refractivity contribution in [1.82, 2.24) is 10.6 Å². The second-order valence-corrected chi connectivity index (χ2v) is 10.0. The van der Waals surface area contributed by atoms with Gasteiger partial charge in [0.2, 0.25) is 5.91 Å². The van der Waals surface area contributed by atoms with E-state index < -0.39 is 19.2 Å². The van der Waals surface area contributed by atoms with Gasteiger partial charge in [-0.05, 0) is 55.3 Å². The van der Waals surface area contributed by atoms with Crippen molar-refractivity contribution in [3.8, 4) is 0 Å². The highest BCUT2D eigenvalue weighted by Gasteiger charge is 2.62. The maximum Gasteiger partial charge on any atom is 0.481 e. The number of primary amides is 1. The van der Waals surface area contributed by atoms with Crippen molar-refractivity contribution >= 4 is 19.1 Å². The molecule has 164 valence electrons. The SMILES string of the molecule is CC(C)CC(NC(=O)[C@@H](N)CCCNC(N)=O)B1OC2CC3CC(C2O1)C3(C)C. The summed E-state index contributed by atoms with van der Waals surface area (Å²) in [6.45, 7) is 9.31. The van der Waals surface area contributed by atoms with E-state index in [1.807, 2.05) is 0 Å². The zero-order chi connectivity index (χ0) is 21.3. The van der Waals surface area contributed by atoms with Crippen LogP contribution in [-0.2, 0) is 14.1 Å². The van der Waals surface area contributed by atoms with Crippen LogP contribution in [0.25, 0.3) is 0 Å². The van der Waals surface area contributed by atoms with Gasteiger partial charge in [-0.15, -0.1) is 0 Å². The lowest BCUT2D eigenvalue weighted by atomic mass is 9.47. The van der Waals surface area contributed by atoms with Crippen molar-refractivity contribution in [2.45, 2.75) is 84.0 Å². The lowest BCUT2D eigenvalue weighted by molar-refractivity contribution is -0.150. The smallest absolute Gasteiger partial charge is 0.404 e. The van der Waals surface area contributed by atoms with Gasteiger partial charge in [0.25, 0.3) is 0 Å². The summed E-state index contributed by atoms with van der Waals surface area (Å²) in [5.41, 5.74) is 11.4. The van der Waals surface area contributed by atoms with Crippen LogP contribution in [0.1, 0.15) is 59.8 Å². The molecule has 8 nitrogen and oxygen atoms in total. The van der Waals surface area contributed by atoms with Crippen LogP contribution < -0.4 is 22.1 Å². The Morgan fingerprint density at radius 1 is 1.24 bits per heavy atom. The second-order valence-electron chi connectivity index (χ2n) is 10.0. The predicted octanol–water partition coefficient (Wildman–Crippen LogP) is 1.17. The maximum absolute atomic E-state index is 12.7. The molecule has 9 heteroatoms. The lowest BCUT2D eigenvalue weighted by Gasteiger charge is -2.60. The molecule has 29 heavy (non-hydrogen) atoms. The van der Waals surface area contributed by atoms with Gasteiger partial charge in [0.05, 0.1) is 24.2 Å². The Bertz CT molecular complexity index is 617. The molecule has 3 amide bonds. The van der Waals surface area contributed by atoms with E-state index in [-0.39, 0.29) is 24.1 Å². The Morgan fingerprint density at radius 3 is 2.59 bits per heavy atom. The van der Waals surface area contributed by atoms with Crippen molar-refractivity contribution in [3.63, 3.8) is 0 Å². The number of amides is 3. The molecule has 3 aliphatic carbocycles. The monoisotopic (exact) mass is 408 g/mol. The number of nitrogens with one attached hydrogen (secondary N) is 2. The van der Waals surface area contributed by atoms with Gasteiger partial charge in [-0.1, -0.05) is 27.7 Å². The molecule has 1 heterocycles. The normalized spacial score (nSPS) is 31.6. The highest BCUT2D eigenvalue weighted by atomic mass is 16.7. The molecule has 3 saturated carbocycles. The van der Waals surface area contributed by atoms with Crippen LogP contribution in [0.5, 0.6) is 0 Å². The molecule has 0 aromatic carbocycles. The fourth-order valence-electron chi connectivity index (χ4n) is 5.25. The van der Waals surface area contributed by atoms with E-state index in [1.165, 1.54) is 6.42 Å². The highest BCUT2D eigenvalue weighted by Crippen LogP contribution is 2.61. The lowest BCUT2D eigenvalue weighted by Crippen LogP contribution is -2.59. The fraction of sp³-hybridized carbons (Fsp3) is 0.900. The molecule has 4 fully saturated rings. The topological polar surface area (TPSA) is 129 Å². The number of urea groups is 1. The number of hydrogen-bond acceptors (Lipinski definition) is 5. The Balaban J connectivity index is 1.55. The number of hydrogen-bond donors (Lipinski definition) is 4. The minimum Gasteiger partial charge on any atom is -0.404 e. The molecule has 2 bridgehead atoms. The third kappa shape index (κ3) is 4.89. The van der Waals surface area contributed by atoms with Crippen molar-refractivity contribution in [2.24, 2.45) is 34.6 Å². The first kappa shape index (κ1) is 22.4. The van der Waals surface area contributed by atoms with Crippen molar-refractivity contribution < 1.29 is 18.9 Å². The minimum absolute atomic E-state index is 0.125. The third-order valence-corrected chi connectivity index (χ3v) is 7.14. The second kappa shape index (κ2) is 8.82. The predicted molar refractivity (Wildman–Crippen MR) is 112 cm³/mol. The number of nitrogens with two attached hydrogens (primary N) is 2. The summed E-state index contributed by atoms with van der Waals surface area (Å²) in [5, 5.41) is 5.58. The summed E-state index contributed by atoms with van der Waals surface area (Å²) in [4.78, 5) is 23.4. The zero-order valence-corrected chi connectivity index (χ0v) is 18.1. The quantitative estimate of drug-likeness (QED) is 0.336. The van der Waals surface area contributed by atoms with Gasteiger partial charge in [-0.2, -0.15) is 0 Å². The summed E-state index contributed by atoms with van der Waals surface area (Å²) in [7, 11) is -0.421. The molecule has 5 unspecified atom stereocenters.